The van der Waals surface area contributed by atoms with Gasteiger partial charge in [-0.25, -0.2) is 0 Å². The first-order valence-corrected chi connectivity index (χ1v) is 8.26. The lowest BCUT2D eigenvalue weighted by atomic mass is 9.85. The van der Waals surface area contributed by atoms with Gasteiger partial charge in [0.2, 0.25) is 0 Å². The lowest BCUT2D eigenvalue weighted by Crippen LogP contribution is -2.23. The molecular weight excluding hydrogens is 292 g/mol. The molecule has 0 aliphatic carbocycles. The van der Waals surface area contributed by atoms with E-state index in [1.165, 1.54) is 12.1 Å². The largest absolute Gasteiger partial charge is 0.383 e. The van der Waals surface area contributed by atoms with Crippen LogP contribution >= 0.6 is 0 Å². The number of benzene rings is 1. The minimum atomic E-state index is -3.59. The molecule has 0 saturated carbocycles. The van der Waals surface area contributed by atoms with Gasteiger partial charge >= 0.3 is 21.5 Å². The molecule has 0 spiro atoms. The van der Waals surface area contributed by atoms with Crippen molar-refractivity contribution in [1.29, 1.82) is 0 Å². The lowest BCUT2D eigenvalue weighted by molar-refractivity contribution is 0.257. The Morgan fingerprint density at radius 1 is 1.37 bits per heavy atom. The van der Waals surface area contributed by atoms with Gasteiger partial charge in [-0.1, -0.05) is 13.8 Å². The van der Waals surface area contributed by atoms with E-state index in [1.54, 1.807) is 6.07 Å². The number of hydrogen-bond donors (Lipinski definition) is 0. The second-order valence-corrected chi connectivity index (χ2v) is 7.26. The SMILES string of the molecule is CC1(C)COS(=O)Oc2ccc(OS(C)(=O)=O)cc21. The van der Waals surface area contributed by atoms with Crippen molar-refractivity contribution in [2.24, 2.45) is 0 Å². The first-order valence-electron chi connectivity index (χ1n) is 5.45. The fraction of sp³-hybridized carbons (Fsp3) is 0.455. The second-order valence-electron chi connectivity index (χ2n) is 4.88. The van der Waals surface area contributed by atoms with Gasteiger partial charge in [-0.3, -0.25) is 4.18 Å². The van der Waals surface area contributed by atoms with Crippen molar-refractivity contribution in [2.45, 2.75) is 19.3 Å². The van der Waals surface area contributed by atoms with Crippen molar-refractivity contribution in [3.63, 3.8) is 0 Å². The minimum absolute atomic E-state index is 0.186. The molecule has 8 heteroatoms. The van der Waals surface area contributed by atoms with E-state index in [2.05, 4.69) is 0 Å². The molecule has 2 rings (SSSR count). The van der Waals surface area contributed by atoms with Gasteiger partial charge in [-0.2, -0.15) is 12.6 Å². The molecule has 106 valence electrons. The normalized spacial score (nSPS) is 21.9. The van der Waals surface area contributed by atoms with Crippen LogP contribution < -0.4 is 8.37 Å². The molecule has 0 aromatic heterocycles. The summed E-state index contributed by atoms with van der Waals surface area (Å²) in [5, 5.41) is 0. The monoisotopic (exact) mass is 306 g/mol. The Kier molecular flexibility index (Phi) is 3.59. The van der Waals surface area contributed by atoms with Crippen LogP contribution in [0.1, 0.15) is 19.4 Å². The third-order valence-electron chi connectivity index (χ3n) is 2.60. The molecule has 0 amide bonds. The molecule has 0 radical (unpaired) electrons. The van der Waals surface area contributed by atoms with Gasteiger partial charge in [0.1, 0.15) is 11.5 Å². The van der Waals surface area contributed by atoms with E-state index >= 15 is 0 Å². The predicted molar refractivity (Wildman–Crippen MR) is 69.7 cm³/mol. The highest BCUT2D eigenvalue weighted by Gasteiger charge is 2.31. The van der Waals surface area contributed by atoms with Crippen molar-refractivity contribution < 1.29 is 25.2 Å². The third kappa shape index (κ3) is 3.46. The van der Waals surface area contributed by atoms with Gasteiger partial charge in [0.25, 0.3) is 0 Å². The second kappa shape index (κ2) is 4.77. The van der Waals surface area contributed by atoms with E-state index < -0.39 is 26.9 Å². The minimum Gasteiger partial charge on any atom is -0.383 e. The molecule has 0 N–H and O–H groups in total. The Labute approximate surface area is 114 Å². The highest BCUT2D eigenvalue weighted by molar-refractivity contribution is 7.86. The van der Waals surface area contributed by atoms with Crippen LogP contribution in [0.4, 0.5) is 0 Å². The molecule has 1 aliphatic rings. The average Bonchev–Trinajstić information content (AvgIpc) is 2.36. The number of fused-ring (bicyclic) bond motifs is 1. The highest BCUT2D eigenvalue weighted by atomic mass is 32.2. The van der Waals surface area contributed by atoms with Gasteiger partial charge in [0.15, 0.2) is 0 Å². The van der Waals surface area contributed by atoms with Crippen LogP contribution in [0.15, 0.2) is 18.2 Å². The number of rotatable bonds is 2. The van der Waals surface area contributed by atoms with E-state index in [0.717, 1.165) is 6.26 Å². The molecular formula is C11H14O6S2. The maximum Gasteiger partial charge on any atom is 0.360 e. The van der Waals surface area contributed by atoms with E-state index in [9.17, 15) is 12.6 Å². The summed E-state index contributed by atoms with van der Waals surface area (Å²) < 4.78 is 48.6. The van der Waals surface area contributed by atoms with Crippen LogP contribution in [0.3, 0.4) is 0 Å². The van der Waals surface area contributed by atoms with Crippen molar-refractivity contribution in [3.05, 3.63) is 23.8 Å². The predicted octanol–water partition coefficient (Wildman–Crippen LogP) is 1.29. The Balaban J connectivity index is 2.47. The molecule has 1 aromatic carbocycles. The van der Waals surface area contributed by atoms with Crippen molar-refractivity contribution >= 4 is 21.5 Å². The van der Waals surface area contributed by atoms with Crippen molar-refractivity contribution in [3.8, 4) is 11.5 Å². The molecule has 0 fully saturated rings. The summed E-state index contributed by atoms with van der Waals surface area (Å²) in [7, 11) is -3.59. The summed E-state index contributed by atoms with van der Waals surface area (Å²) in [6.07, 6.45) is 0.971. The van der Waals surface area contributed by atoms with E-state index in [-0.39, 0.29) is 12.4 Å². The third-order valence-corrected chi connectivity index (χ3v) is 3.72. The quantitative estimate of drug-likeness (QED) is 0.766. The average molecular weight is 306 g/mol. The van der Waals surface area contributed by atoms with Gasteiger partial charge < -0.3 is 8.37 Å². The smallest absolute Gasteiger partial charge is 0.360 e. The molecule has 1 atom stereocenters. The summed E-state index contributed by atoms with van der Waals surface area (Å²) in [6, 6.07) is 4.52. The van der Waals surface area contributed by atoms with Gasteiger partial charge in [0, 0.05) is 11.0 Å². The summed E-state index contributed by atoms with van der Waals surface area (Å²) in [4.78, 5) is 0. The van der Waals surface area contributed by atoms with Gasteiger partial charge in [-0.15, -0.1) is 0 Å². The van der Waals surface area contributed by atoms with Crippen LogP contribution in [0.25, 0.3) is 0 Å². The van der Waals surface area contributed by atoms with E-state index in [1.807, 2.05) is 13.8 Å². The standard InChI is InChI=1S/C11H14O6S2/c1-11(2)7-15-18(12)16-10-5-4-8(6-9(10)11)17-19(3,13)14/h4-6H,7H2,1-3H3. The van der Waals surface area contributed by atoms with Crippen LogP contribution in [-0.2, 0) is 31.1 Å². The Morgan fingerprint density at radius 2 is 2.05 bits per heavy atom. The summed E-state index contributed by atoms with van der Waals surface area (Å²) in [5.41, 5.74) is 0.206. The fourth-order valence-electron chi connectivity index (χ4n) is 1.71. The Bertz CT molecular complexity index is 620. The van der Waals surface area contributed by atoms with Crippen LogP contribution in [-0.4, -0.2) is 25.5 Å². The maximum absolute atomic E-state index is 11.4. The zero-order valence-electron chi connectivity index (χ0n) is 10.7. The molecule has 1 aromatic rings. The maximum atomic E-state index is 11.4. The molecule has 1 heterocycles. The zero-order valence-corrected chi connectivity index (χ0v) is 12.3. The molecule has 1 unspecified atom stereocenters. The summed E-state index contributed by atoms with van der Waals surface area (Å²) in [5.74, 6) is 0.576. The topological polar surface area (TPSA) is 78.9 Å². The summed E-state index contributed by atoms with van der Waals surface area (Å²) in [6.45, 7) is 3.94. The molecule has 0 bridgehead atoms. The lowest BCUT2D eigenvalue weighted by Gasteiger charge is -2.22. The Morgan fingerprint density at radius 3 is 2.68 bits per heavy atom. The molecule has 19 heavy (non-hydrogen) atoms. The van der Waals surface area contributed by atoms with Gasteiger partial charge in [-0.05, 0) is 18.2 Å². The molecule has 0 saturated heterocycles. The number of hydrogen-bond acceptors (Lipinski definition) is 6. The van der Waals surface area contributed by atoms with Crippen LogP contribution in [0.5, 0.6) is 11.5 Å². The fourth-order valence-corrected chi connectivity index (χ4v) is 2.89. The first kappa shape index (κ1) is 14.3. The van der Waals surface area contributed by atoms with Crippen LogP contribution in [0, 0.1) is 0 Å². The van der Waals surface area contributed by atoms with E-state index in [4.69, 9.17) is 12.5 Å². The van der Waals surface area contributed by atoms with E-state index in [0.29, 0.717) is 11.3 Å². The van der Waals surface area contributed by atoms with Gasteiger partial charge in [0.05, 0.1) is 12.9 Å². The first-order chi connectivity index (χ1) is 8.67. The van der Waals surface area contributed by atoms with Crippen molar-refractivity contribution in [2.75, 3.05) is 12.9 Å². The Hall–Kier alpha value is -1.12. The van der Waals surface area contributed by atoms with Crippen molar-refractivity contribution in [1.82, 2.24) is 0 Å². The summed E-state index contributed by atoms with van der Waals surface area (Å²) >= 11 is -1.85. The molecule has 1 aliphatic heterocycles. The van der Waals surface area contributed by atoms with Crippen LogP contribution in [0.2, 0.25) is 0 Å². The zero-order chi connectivity index (χ0) is 14.3. The highest BCUT2D eigenvalue weighted by Crippen LogP contribution is 2.37. The molecule has 6 nitrogen and oxygen atoms in total.